The van der Waals surface area contributed by atoms with Gasteiger partial charge in [0.25, 0.3) is 0 Å². The van der Waals surface area contributed by atoms with Gasteiger partial charge >= 0.3 is 5.69 Å². The molecule has 1 amide bonds. The van der Waals surface area contributed by atoms with Gasteiger partial charge in [0.05, 0.1) is 17.4 Å². The molecule has 0 radical (unpaired) electrons. The van der Waals surface area contributed by atoms with Crippen LogP contribution in [0.1, 0.15) is 18.3 Å². The lowest BCUT2D eigenvalue weighted by Gasteiger charge is -2.13. The average molecular weight is 302 g/mol. The predicted molar refractivity (Wildman–Crippen MR) is 82.6 cm³/mol. The van der Waals surface area contributed by atoms with Crippen LogP contribution in [-0.2, 0) is 11.3 Å². The molecule has 1 aromatic carbocycles. The van der Waals surface area contributed by atoms with Gasteiger partial charge in [0, 0.05) is 5.69 Å². The van der Waals surface area contributed by atoms with E-state index in [2.05, 4.69) is 10.4 Å². The SMILES string of the molecule is Cc1nn(CC(C)C(=O)Nc2ccccc2)c(C)c1[N+](=O)[O-]. The molecular formula is C15H18N4O3. The maximum Gasteiger partial charge on any atom is 0.312 e. The number of aryl methyl sites for hydroxylation is 1. The molecule has 1 aromatic heterocycles. The first-order valence-corrected chi connectivity index (χ1v) is 6.94. The minimum atomic E-state index is -0.442. The molecule has 7 heteroatoms. The number of nitrogens with zero attached hydrogens (tertiary/aromatic N) is 3. The molecule has 0 saturated heterocycles. The minimum absolute atomic E-state index is 0.00988. The minimum Gasteiger partial charge on any atom is -0.326 e. The molecule has 7 nitrogen and oxygen atoms in total. The molecule has 1 atom stereocenters. The Morgan fingerprint density at radius 1 is 1.36 bits per heavy atom. The molecule has 0 fully saturated rings. The Labute approximate surface area is 128 Å². The van der Waals surface area contributed by atoms with Gasteiger partial charge in [-0.25, -0.2) is 0 Å². The van der Waals surface area contributed by atoms with Crippen molar-refractivity contribution in [3.8, 4) is 0 Å². The molecule has 1 N–H and O–H groups in total. The predicted octanol–water partition coefficient (Wildman–Crippen LogP) is 2.68. The molecule has 22 heavy (non-hydrogen) atoms. The lowest BCUT2D eigenvalue weighted by Crippen LogP contribution is -2.25. The van der Waals surface area contributed by atoms with E-state index in [9.17, 15) is 14.9 Å². The maximum atomic E-state index is 12.2. The quantitative estimate of drug-likeness (QED) is 0.679. The van der Waals surface area contributed by atoms with Crippen LogP contribution >= 0.6 is 0 Å². The van der Waals surface area contributed by atoms with E-state index in [1.54, 1.807) is 32.9 Å². The summed E-state index contributed by atoms with van der Waals surface area (Å²) in [5.74, 6) is -0.515. The summed E-state index contributed by atoms with van der Waals surface area (Å²) in [5, 5.41) is 18.0. The van der Waals surface area contributed by atoms with Gasteiger partial charge in [0.1, 0.15) is 11.4 Å². The largest absolute Gasteiger partial charge is 0.326 e. The number of aromatic nitrogens is 2. The fourth-order valence-electron chi connectivity index (χ4n) is 2.26. The highest BCUT2D eigenvalue weighted by molar-refractivity contribution is 5.92. The Hall–Kier alpha value is -2.70. The van der Waals surface area contributed by atoms with E-state index in [0.29, 0.717) is 17.9 Å². The summed E-state index contributed by atoms with van der Waals surface area (Å²) in [5.41, 5.74) is 1.55. The summed E-state index contributed by atoms with van der Waals surface area (Å²) in [6.45, 7) is 5.29. The Bertz CT molecular complexity index is 694. The van der Waals surface area contributed by atoms with Crippen molar-refractivity contribution in [2.24, 2.45) is 5.92 Å². The van der Waals surface area contributed by atoms with Crippen molar-refractivity contribution in [3.63, 3.8) is 0 Å². The molecule has 0 bridgehead atoms. The molecule has 1 heterocycles. The van der Waals surface area contributed by atoms with Crippen LogP contribution < -0.4 is 5.32 Å². The number of carbonyl (C=O) groups excluding carboxylic acids is 1. The van der Waals surface area contributed by atoms with Gasteiger partial charge < -0.3 is 5.32 Å². The van der Waals surface area contributed by atoms with Crippen LogP contribution in [0.2, 0.25) is 0 Å². The van der Waals surface area contributed by atoms with E-state index in [1.807, 2.05) is 18.2 Å². The van der Waals surface area contributed by atoms with E-state index >= 15 is 0 Å². The molecule has 0 aliphatic rings. The number of benzene rings is 1. The molecule has 0 aliphatic carbocycles. The zero-order valence-electron chi connectivity index (χ0n) is 12.7. The van der Waals surface area contributed by atoms with Crippen LogP contribution in [0.5, 0.6) is 0 Å². The summed E-state index contributed by atoms with van der Waals surface area (Å²) >= 11 is 0. The first-order chi connectivity index (χ1) is 10.4. The average Bonchev–Trinajstić information content (AvgIpc) is 2.74. The number of para-hydroxylation sites is 1. The van der Waals surface area contributed by atoms with Crippen LogP contribution in [0, 0.1) is 29.9 Å². The van der Waals surface area contributed by atoms with Gasteiger partial charge in [-0.05, 0) is 26.0 Å². The normalized spacial score (nSPS) is 12.0. The number of nitrogens with one attached hydrogen (secondary N) is 1. The van der Waals surface area contributed by atoms with Crippen LogP contribution in [0.4, 0.5) is 11.4 Å². The highest BCUT2D eigenvalue weighted by Gasteiger charge is 2.24. The fraction of sp³-hybridized carbons (Fsp3) is 0.333. The van der Waals surface area contributed by atoms with Gasteiger partial charge in [-0.1, -0.05) is 25.1 Å². The van der Waals surface area contributed by atoms with Crippen molar-refractivity contribution < 1.29 is 9.72 Å². The summed E-state index contributed by atoms with van der Waals surface area (Å²) in [6, 6.07) is 9.15. The third-order valence-electron chi connectivity index (χ3n) is 3.46. The van der Waals surface area contributed by atoms with Crippen molar-refractivity contribution in [2.75, 3.05) is 5.32 Å². The molecule has 0 spiro atoms. The Morgan fingerprint density at radius 2 is 2.00 bits per heavy atom. The summed E-state index contributed by atoms with van der Waals surface area (Å²) in [6.07, 6.45) is 0. The van der Waals surface area contributed by atoms with Gasteiger partial charge in [0.15, 0.2) is 0 Å². The molecule has 0 saturated carbocycles. The van der Waals surface area contributed by atoms with Crippen LogP contribution in [-0.4, -0.2) is 20.6 Å². The third kappa shape index (κ3) is 3.30. The molecule has 0 aliphatic heterocycles. The lowest BCUT2D eigenvalue weighted by atomic mass is 10.1. The number of rotatable bonds is 5. The van der Waals surface area contributed by atoms with E-state index in [-0.39, 0.29) is 17.5 Å². The van der Waals surface area contributed by atoms with Gasteiger partial charge in [-0.3, -0.25) is 19.6 Å². The zero-order chi connectivity index (χ0) is 16.3. The topological polar surface area (TPSA) is 90.1 Å². The van der Waals surface area contributed by atoms with Crippen molar-refractivity contribution in [1.29, 1.82) is 0 Å². The van der Waals surface area contributed by atoms with E-state index < -0.39 is 4.92 Å². The smallest absolute Gasteiger partial charge is 0.312 e. The Morgan fingerprint density at radius 3 is 2.55 bits per heavy atom. The number of nitro groups is 1. The van der Waals surface area contributed by atoms with Crippen molar-refractivity contribution in [3.05, 3.63) is 51.8 Å². The van der Waals surface area contributed by atoms with Crippen LogP contribution in [0.3, 0.4) is 0 Å². The zero-order valence-corrected chi connectivity index (χ0v) is 12.7. The number of hydrogen-bond acceptors (Lipinski definition) is 4. The van der Waals surface area contributed by atoms with E-state index in [0.717, 1.165) is 5.69 Å². The summed E-state index contributed by atoms with van der Waals surface area (Å²) in [4.78, 5) is 22.7. The van der Waals surface area contributed by atoms with Crippen LogP contribution in [0.25, 0.3) is 0 Å². The number of carbonyl (C=O) groups is 1. The number of anilines is 1. The van der Waals surface area contributed by atoms with Gasteiger partial charge in [-0.15, -0.1) is 0 Å². The highest BCUT2D eigenvalue weighted by Crippen LogP contribution is 2.22. The monoisotopic (exact) mass is 302 g/mol. The molecule has 2 rings (SSSR count). The highest BCUT2D eigenvalue weighted by atomic mass is 16.6. The second-order valence-electron chi connectivity index (χ2n) is 5.21. The number of amides is 1. The first-order valence-electron chi connectivity index (χ1n) is 6.94. The van der Waals surface area contributed by atoms with Gasteiger partial charge in [0.2, 0.25) is 5.91 Å². The molecule has 116 valence electrons. The molecule has 1 unspecified atom stereocenters. The molecule has 2 aromatic rings. The summed E-state index contributed by atoms with van der Waals surface area (Å²) in [7, 11) is 0. The fourth-order valence-corrected chi connectivity index (χ4v) is 2.26. The van der Waals surface area contributed by atoms with Gasteiger partial charge in [-0.2, -0.15) is 5.10 Å². The Balaban J connectivity index is 2.09. The second-order valence-corrected chi connectivity index (χ2v) is 5.21. The van der Waals surface area contributed by atoms with Crippen molar-refractivity contribution in [2.45, 2.75) is 27.3 Å². The third-order valence-corrected chi connectivity index (χ3v) is 3.46. The maximum absolute atomic E-state index is 12.2. The summed E-state index contributed by atoms with van der Waals surface area (Å²) < 4.78 is 1.52. The lowest BCUT2D eigenvalue weighted by molar-refractivity contribution is -0.386. The van der Waals surface area contributed by atoms with Crippen molar-refractivity contribution in [1.82, 2.24) is 9.78 Å². The van der Waals surface area contributed by atoms with E-state index in [1.165, 1.54) is 4.68 Å². The van der Waals surface area contributed by atoms with Crippen LogP contribution in [0.15, 0.2) is 30.3 Å². The second kappa shape index (κ2) is 6.38. The Kier molecular flexibility index (Phi) is 4.55. The first kappa shape index (κ1) is 15.7. The van der Waals surface area contributed by atoms with E-state index in [4.69, 9.17) is 0 Å². The van der Waals surface area contributed by atoms with Crippen molar-refractivity contribution >= 4 is 17.3 Å². The standard InChI is InChI=1S/C15H18N4O3/c1-10(15(20)16-13-7-5-4-6-8-13)9-18-12(3)14(19(21)22)11(2)17-18/h4-8,10H,9H2,1-3H3,(H,16,20). The molecular weight excluding hydrogens is 284 g/mol. The number of hydrogen-bond donors (Lipinski definition) is 1.